The summed E-state index contributed by atoms with van der Waals surface area (Å²) in [5, 5.41) is 3.65. The fourth-order valence-corrected chi connectivity index (χ4v) is 4.39. The Morgan fingerprint density at radius 1 is 1.21 bits per heavy atom. The zero-order chi connectivity index (χ0) is 15.1. The SMILES string of the molecule is CN(C(=O)CN1CCc2ccccc21)C1CC2CCC(C1)N2.Cl.Cl. The van der Waals surface area contributed by atoms with Gasteiger partial charge in [0.05, 0.1) is 6.54 Å². The van der Waals surface area contributed by atoms with Gasteiger partial charge in [0.1, 0.15) is 0 Å². The smallest absolute Gasteiger partial charge is 0.242 e. The van der Waals surface area contributed by atoms with Crippen LogP contribution in [0.4, 0.5) is 5.69 Å². The van der Waals surface area contributed by atoms with E-state index in [4.69, 9.17) is 0 Å². The van der Waals surface area contributed by atoms with Gasteiger partial charge in [0.2, 0.25) is 5.91 Å². The van der Waals surface area contributed by atoms with Gasteiger partial charge in [-0.15, -0.1) is 24.8 Å². The zero-order valence-electron chi connectivity index (χ0n) is 14.1. The predicted octanol–water partition coefficient (Wildman–Crippen LogP) is 2.63. The van der Waals surface area contributed by atoms with E-state index in [0.717, 1.165) is 25.8 Å². The van der Waals surface area contributed by atoms with Crippen LogP contribution in [0, 0.1) is 0 Å². The molecule has 0 aliphatic carbocycles. The van der Waals surface area contributed by atoms with Crippen molar-refractivity contribution in [2.24, 2.45) is 0 Å². The van der Waals surface area contributed by atoms with Crippen LogP contribution in [-0.2, 0) is 11.2 Å². The molecule has 0 aromatic heterocycles. The molecular weight excluding hydrogens is 345 g/mol. The summed E-state index contributed by atoms with van der Waals surface area (Å²) in [7, 11) is 2.00. The number of piperidine rings is 1. The van der Waals surface area contributed by atoms with E-state index in [1.54, 1.807) is 0 Å². The molecule has 3 aliphatic heterocycles. The highest BCUT2D eigenvalue weighted by molar-refractivity contribution is 5.85. The van der Waals surface area contributed by atoms with Crippen LogP contribution in [0.3, 0.4) is 0 Å². The van der Waals surface area contributed by atoms with Crippen LogP contribution in [0.25, 0.3) is 0 Å². The lowest BCUT2D eigenvalue weighted by atomic mass is 9.98. The van der Waals surface area contributed by atoms with E-state index in [2.05, 4.69) is 34.5 Å². The molecular formula is C18H27Cl2N3O. The number of carbonyl (C=O) groups excluding carboxylic acids is 1. The van der Waals surface area contributed by atoms with Crippen molar-refractivity contribution >= 4 is 36.4 Å². The highest BCUT2D eigenvalue weighted by Crippen LogP contribution is 2.30. The van der Waals surface area contributed by atoms with E-state index in [9.17, 15) is 4.79 Å². The van der Waals surface area contributed by atoms with Gasteiger partial charge in [-0.3, -0.25) is 4.79 Å². The third kappa shape index (κ3) is 3.66. The van der Waals surface area contributed by atoms with Crippen LogP contribution in [-0.4, -0.2) is 49.1 Å². The molecule has 134 valence electrons. The maximum atomic E-state index is 12.7. The minimum absolute atomic E-state index is 0. The molecule has 0 radical (unpaired) electrons. The second kappa shape index (κ2) is 7.94. The predicted molar refractivity (Wildman–Crippen MR) is 103 cm³/mol. The Bertz CT molecular complexity index is 571. The maximum Gasteiger partial charge on any atom is 0.242 e. The number of hydrogen-bond acceptors (Lipinski definition) is 3. The molecule has 1 amide bonds. The molecule has 24 heavy (non-hydrogen) atoms. The van der Waals surface area contributed by atoms with Crippen molar-refractivity contribution in [1.29, 1.82) is 0 Å². The van der Waals surface area contributed by atoms with Gasteiger partial charge < -0.3 is 15.1 Å². The Labute approximate surface area is 156 Å². The number of likely N-dealkylation sites (N-methyl/N-ethyl adjacent to an activating group) is 1. The molecule has 2 saturated heterocycles. The lowest BCUT2D eigenvalue weighted by molar-refractivity contribution is -0.131. The van der Waals surface area contributed by atoms with Crippen LogP contribution < -0.4 is 10.2 Å². The number of nitrogens with one attached hydrogen (secondary N) is 1. The average molecular weight is 372 g/mol. The number of rotatable bonds is 3. The third-order valence-electron chi connectivity index (χ3n) is 5.70. The molecule has 2 fully saturated rings. The third-order valence-corrected chi connectivity index (χ3v) is 5.70. The fraction of sp³-hybridized carbons (Fsp3) is 0.611. The second-order valence-electron chi connectivity index (χ2n) is 7.07. The molecule has 1 aromatic rings. The summed E-state index contributed by atoms with van der Waals surface area (Å²) >= 11 is 0. The second-order valence-corrected chi connectivity index (χ2v) is 7.07. The van der Waals surface area contributed by atoms with E-state index in [1.807, 2.05) is 11.9 Å². The molecule has 4 rings (SSSR count). The first-order valence-corrected chi connectivity index (χ1v) is 8.55. The minimum Gasteiger partial charge on any atom is -0.362 e. The topological polar surface area (TPSA) is 35.6 Å². The Balaban J connectivity index is 0.00000104. The zero-order valence-corrected chi connectivity index (χ0v) is 15.7. The molecule has 1 aromatic carbocycles. The number of fused-ring (bicyclic) bond motifs is 3. The van der Waals surface area contributed by atoms with Gasteiger partial charge in [0.25, 0.3) is 0 Å². The number of para-hydroxylation sites is 1. The first-order chi connectivity index (χ1) is 10.7. The van der Waals surface area contributed by atoms with Crippen molar-refractivity contribution in [1.82, 2.24) is 10.2 Å². The van der Waals surface area contributed by atoms with Crippen molar-refractivity contribution in [2.45, 2.75) is 50.2 Å². The van der Waals surface area contributed by atoms with Crippen LogP contribution in [0.2, 0.25) is 0 Å². The van der Waals surface area contributed by atoms with Gasteiger partial charge in [-0.1, -0.05) is 18.2 Å². The summed E-state index contributed by atoms with van der Waals surface area (Å²) in [6.07, 6.45) is 5.86. The van der Waals surface area contributed by atoms with Crippen molar-refractivity contribution in [3.8, 4) is 0 Å². The molecule has 2 bridgehead atoms. The van der Waals surface area contributed by atoms with Gasteiger partial charge in [-0.2, -0.15) is 0 Å². The largest absolute Gasteiger partial charge is 0.362 e. The quantitative estimate of drug-likeness (QED) is 0.886. The Hall–Kier alpha value is -0.970. The van der Waals surface area contributed by atoms with Crippen molar-refractivity contribution in [3.63, 3.8) is 0 Å². The summed E-state index contributed by atoms with van der Waals surface area (Å²) in [4.78, 5) is 17.0. The summed E-state index contributed by atoms with van der Waals surface area (Å²) < 4.78 is 0. The van der Waals surface area contributed by atoms with Crippen LogP contribution in [0.5, 0.6) is 0 Å². The van der Waals surface area contributed by atoms with Gasteiger partial charge in [-0.25, -0.2) is 0 Å². The molecule has 3 aliphatic rings. The number of nitrogens with zero attached hydrogens (tertiary/aromatic N) is 2. The lowest BCUT2D eigenvalue weighted by Crippen LogP contribution is -2.50. The summed E-state index contributed by atoms with van der Waals surface area (Å²) in [6.45, 7) is 1.49. The highest BCUT2D eigenvalue weighted by atomic mass is 35.5. The lowest BCUT2D eigenvalue weighted by Gasteiger charge is -2.36. The van der Waals surface area contributed by atoms with Crippen molar-refractivity contribution in [3.05, 3.63) is 29.8 Å². The van der Waals surface area contributed by atoms with Crippen molar-refractivity contribution < 1.29 is 4.79 Å². The molecule has 6 heteroatoms. The van der Waals surface area contributed by atoms with Crippen LogP contribution in [0.1, 0.15) is 31.2 Å². The minimum atomic E-state index is 0. The molecule has 4 nitrogen and oxygen atoms in total. The molecule has 2 atom stereocenters. The number of carbonyl (C=O) groups is 1. The van der Waals surface area contributed by atoms with E-state index in [-0.39, 0.29) is 30.7 Å². The molecule has 2 unspecified atom stereocenters. The highest BCUT2D eigenvalue weighted by Gasteiger charge is 2.36. The summed E-state index contributed by atoms with van der Waals surface area (Å²) in [5.41, 5.74) is 2.62. The van der Waals surface area contributed by atoms with Gasteiger partial charge in [0.15, 0.2) is 0 Å². The molecule has 3 heterocycles. The average Bonchev–Trinajstić information content (AvgIpc) is 3.10. The van der Waals surface area contributed by atoms with E-state index < -0.39 is 0 Å². The Kier molecular flexibility index (Phi) is 6.40. The van der Waals surface area contributed by atoms with E-state index in [1.165, 1.54) is 24.1 Å². The number of anilines is 1. The Morgan fingerprint density at radius 3 is 2.58 bits per heavy atom. The van der Waals surface area contributed by atoms with E-state index >= 15 is 0 Å². The summed E-state index contributed by atoms with van der Waals surface area (Å²) in [6, 6.07) is 10.1. The molecule has 1 N–H and O–H groups in total. The summed E-state index contributed by atoms with van der Waals surface area (Å²) in [5.74, 6) is 0.267. The maximum absolute atomic E-state index is 12.7. The first-order valence-electron chi connectivity index (χ1n) is 8.55. The number of halogens is 2. The number of amides is 1. The normalized spacial score (nSPS) is 27.0. The standard InChI is InChI=1S/C18H25N3O.2ClH/c1-20(16-10-14-6-7-15(11-16)19-14)18(22)12-21-9-8-13-4-2-3-5-17(13)21;;/h2-5,14-16,19H,6-12H2,1H3;2*1H. The molecule has 0 saturated carbocycles. The van der Waals surface area contributed by atoms with Gasteiger partial charge in [-0.05, 0) is 43.7 Å². The Morgan fingerprint density at radius 2 is 1.88 bits per heavy atom. The van der Waals surface area contributed by atoms with Gasteiger partial charge in [0, 0.05) is 37.4 Å². The van der Waals surface area contributed by atoms with E-state index in [0.29, 0.717) is 24.7 Å². The first kappa shape index (κ1) is 19.4. The fourth-order valence-electron chi connectivity index (χ4n) is 4.39. The number of benzene rings is 1. The van der Waals surface area contributed by atoms with Gasteiger partial charge >= 0.3 is 0 Å². The number of hydrogen-bond donors (Lipinski definition) is 1. The van der Waals surface area contributed by atoms with Crippen LogP contribution in [0.15, 0.2) is 24.3 Å². The molecule has 0 spiro atoms. The van der Waals surface area contributed by atoms with Crippen LogP contribution >= 0.6 is 24.8 Å². The monoisotopic (exact) mass is 371 g/mol. The van der Waals surface area contributed by atoms with Crippen molar-refractivity contribution in [2.75, 3.05) is 25.0 Å².